The normalized spacial score (nSPS) is 11.7. The molecule has 21 heavy (non-hydrogen) atoms. The third-order valence-corrected chi connectivity index (χ3v) is 4.44. The molecule has 6 heteroatoms. The molecule has 0 radical (unpaired) electrons. The molecule has 112 valence electrons. The largest absolute Gasteiger partial charge is 0.417 e. The van der Waals surface area contributed by atoms with Gasteiger partial charge in [-0.15, -0.1) is 0 Å². The van der Waals surface area contributed by atoms with Gasteiger partial charge in [-0.1, -0.05) is 33.8 Å². The molecule has 0 fully saturated rings. The summed E-state index contributed by atoms with van der Waals surface area (Å²) in [5.74, 6) is 0. The van der Waals surface area contributed by atoms with Gasteiger partial charge in [0.2, 0.25) is 0 Å². The number of rotatable bonds is 4. The molecule has 0 bridgehead atoms. The van der Waals surface area contributed by atoms with Crippen LogP contribution >= 0.6 is 27.7 Å². The lowest BCUT2D eigenvalue weighted by molar-refractivity contribution is -0.139. The second kappa shape index (κ2) is 6.85. The van der Waals surface area contributed by atoms with Crippen LogP contribution in [-0.4, -0.2) is 6.54 Å². The Morgan fingerprint density at radius 2 is 1.71 bits per heavy atom. The zero-order chi connectivity index (χ0) is 15.5. The van der Waals surface area contributed by atoms with Crippen molar-refractivity contribution in [3.05, 3.63) is 58.1 Å². The van der Waals surface area contributed by atoms with Crippen LogP contribution in [0.2, 0.25) is 0 Å². The molecule has 0 heterocycles. The Kier molecular flexibility index (Phi) is 5.35. The molecule has 2 aromatic rings. The maximum absolute atomic E-state index is 13.2. The summed E-state index contributed by atoms with van der Waals surface area (Å²) in [5, 5.41) is 0. The van der Waals surface area contributed by atoms with Gasteiger partial charge in [0, 0.05) is 14.3 Å². The van der Waals surface area contributed by atoms with Gasteiger partial charge in [0.25, 0.3) is 0 Å². The summed E-state index contributed by atoms with van der Waals surface area (Å²) >= 11 is 4.41. The Hall–Kier alpha value is -0.980. The van der Waals surface area contributed by atoms with Crippen LogP contribution in [0.5, 0.6) is 0 Å². The lowest BCUT2D eigenvalue weighted by atomic mass is 10.1. The van der Waals surface area contributed by atoms with Crippen molar-refractivity contribution in [2.24, 2.45) is 5.73 Å². The minimum absolute atomic E-state index is 0.200. The first-order chi connectivity index (χ1) is 9.90. The maximum Gasteiger partial charge on any atom is 0.417 e. The molecule has 0 aliphatic heterocycles. The summed E-state index contributed by atoms with van der Waals surface area (Å²) in [6, 6.07) is 11.6. The van der Waals surface area contributed by atoms with Gasteiger partial charge in [-0.25, -0.2) is 0 Å². The van der Waals surface area contributed by atoms with Crippen molar-refractivity contribution < 1.29 is 13.2 Å². The fourth-order valence-corrected chi connectivity index (χ4v) is 3.05. The van der Waals surface area contributed by atoms with Gasteiger partial charge in [-0.3, -0.25) is 0 Å². The van der Waals surface area contributed by atoms with E-state index >= 15 is 0 Å². The average Bonchev–Trinajstić information content (AvgIpc) is 2.42. The third kappa shape index (κ3) is 4.49. The zero-order valence-corrected chi connectivity index (χ0v) is 13.4. The van der Waals surface area contributed by atoms with Gasteiger partial charge < -0.3 is 5.73 Å². The lowest BCUT2D eigenvalue weighted by Gasteiger charge is -2.14. The van der Waals surface area contributed by atoms with Crippen molar-refractivity contribution in [2.45, 2.75) is 22.4 Å². The van der Waals surface area contributed by atoms with E-state index in [0.717, 1.165) is 21.1 Å². The first kappa shape index (κ1) is 16.4. The average molecular weight is 376 g/mol. The number of hydrogen-bond donors (Lipinski definition) is 1. The molecular weight excluding hydrogens is 363 g/mol. The van der Waals surface area contributed by atoms with Gasteiger partial charge in [0.05, 0.1) is 5.56 Å². The highest BCUT2D eigenvalue weighted by molar-refractivity contribution is 9.10. The molecule has 0 saturated heterocycles. The zero-order valence-electron chi connectivity index (χ0n) is 11.0. The summed E-state index contributed by atoms with van der Waals surface area (Å²) in [6.45, 7) is 0.330. The van der Waals surface area contributed by atoms with E-state index in [-0.39, 0.29) is 4.90 Å². The summed E-state index contributed by atoms with van der Waals surface area (Å²) in [4.78, 5) is 0.959. The fraction of sp³-hybridized carbons (Fsp3) is 0.200. The summed E-state index contributed by atoms with van der Waals surface area (Å²) in [5.41, 5.74) is 5.40. The van der Waals surface area contributed by atoms with E-state index in [1.807, 2.05) is 0 Å². The molecule has 0 atom stereocenters. The Morgan fingerprint density at radius 3 is 2.29 bits per heavy atom. The quantitative estimate of drug-likeness (QED) is 0.802. The number of hydrogen-bond acceptors (Lipinski definition) is 2. The van der Waals surface area contributed by atoms with E-state index in [1.54, 1.807) is 30.3 Å². The Morgan fingerprint density at radius 1 is 1.05 bits per heavy atom. The second-order valence-corrected chi connectivity index (χ2v) is 6.45. The third-order valence-electron chi connectivity index (χ3n) is 2.82. The second-order valence-electron chi connectivity index (χ2n) is 4.42. The van der Waals surface area contributed by atoms with E-state index in [2.05, 4.69) is 15.9 Å². The smallest absolute Gasteiger partial charge is 0.330 e. The summed E-state index contributed by atoms with van der Waals surface area (Å²) in [7, 11) is 0. The first-order valence-electron chi connectivity index (χ1n) is 6.24. The summed E-state index contributed by atoms with van der Waals surface area (Å²) in [6.07, 6.45) is -3.94. The molecule has 2 aromatic carbocycles. The van der Waals surface area contributed by atoms with Crippen LogP contribution in [0.4, 0.5) is 13.2 Å². The topological polar surface area (TPSA) is 26.0 Å². The highest BCUT2D eigenvalue weighted by Gasteiger charge is 2.33. The standard InChI is InChI=1S/C15H13BrF3NS/c16-11-2-4-12(5-3-11)21-14-6-1-10(7-8-20)9-13(14)15(17,18)19/h1-6,9H,7-8,20H2. The monoisotopic (exact) mass is 375 g/mol. The highest BCUT2D eigenvalue weighted by Crippen LogP contribution is 2.40. The number of halogens is 4. The number of alkyl halides is 3. The molecule has 2 rings (SSSR count). The van der Waals surface area contributed by atoms with Crippen molar-refractivity contribution in [1.82, 2.24) is 0 Å². The Labute approximate surface area is 133 Å². The first-order valence-corrected chi connectivity index (χ1v) is 7.84. The maximum atomic E-state index is 13.2. The molecule has 2 N–H and O–H groups in total. The predicted octanol–water partition coefficient (Wildman–Crippen LogP) is 5.12. The van der Waals surface area contributed by atoms with Crippen molar-refractivity contribution >= 4 is 27.7 Å². The summed E-state index contributed by atoms with van der Waals surface area (Å²) < 4.78 is 40.4. The molecule has 0 aliphatic rings. The van der Waals surface area contributed by atoms with Gasteiger partial charge in [-0.05, 0) is 54.9 Å². The van der Waals surface area contributed by atoms with Crippen LogP contribution in [-0.2, 0) is 12.6 Å². The SMILES string of the molecule is NCCc1ccc(Sc2ccc(Br)cc2)c(C(F)(F)F)c1. The molecule has 0 spiro atoms. The van der Waals surface area contributed by atoms with E-state index in [1.165, 1.54) is 12.1 Å². The minimum Gasteiger partial charge on any atom is -0.330 e. The Balaban J connectivity index is 2.35. The van der Waals surface area contributed by atoms with Crippen molar-refractivity contribution in [3.8, 4) is 0 Å². The van der Waals surface area contributed by atoms with Crippen molar-refractivity contribution in [2.75, 3.05) is 6.54 Å². The van der Waals surface area contributed by atoms with Crippen LogP contribution in [0.25, 0.3) is 0 Å². The van der Waals surface area contributed by atoms with Gasteiger partial charge in [0.1, 0.15) is 0 Å². The molecule has 1 nitrogen and oxygen atoms in total. The lowest BCUT2D eigenvalue weighted by Crippen LogP contribution is -2.09. The van der Waals surface area contributed by atoms with Crippen LogP contribution < -0.4 is 5.73 Å². The highest BCUT2D eigenvalue weighted by atomic mass is 79.9. The van der Waals surface area contributed by atoms with Gasteiger partial charge >= 0.3 is 6.18 Å². The molecule has 0 unspecified atom stereocenters. The van der Waals surface area contributed by atoms with Gasteiger partial charge in [-0.2, -0.15) is 13.2 Å². The van der Waals surface area contributed by atoms with Crippen molar-refractivity contribution in [3.63, 3.8) is 0 Å². The minimum atomic E-state index is -4.37. The molecule has 0 saturated carbocycles. The number of nitrogens with two attached hydrogens (primary N) is 1. The number of benzene rings is 2. The van der Waals surface area contributed by atoms with E-state index < -0.39 is 11.7 Å². The molecule has 0 aliphatic carbocycles. The van der Waals surface area contributed by atoms with E-state index in [0.29, 0.717) is 18.5 Å². The molecular formula is C15H13BrF3NS. The molecule has 0 aromatic heterocycles. The predicted molar refractivity (Wildman–Crippen MR) is 82.5 cm³/mol. The van der Waals surface area contributed by atoms with E-state index in [4.69, 9.17) is 5.73 Å². The Bertz CT molecular complexity index is 611. The van der Waals surface area contributed by atoms with Crippen LogP contribution in [0.15, 0.2) is 56.7 Å². The fourth-order valence-electron chi connectivity index (χ4n) is 1.84. The van der Waals surface area contributed by atoms with E-state index in [9.17, 15) is 13.2 Å². The molecule has 0 amide bonds. The van der Waals surface area contributed by atoms with Gasteiger partial charge in [0.15, 0.2) is 0 Å². The van der Waals surface area contributed by atoms with Crippen LogP contribution in [0.3, 0.4) is 0 Å². The van der Waals surface area contributed by atoms with Crippen LogP contribution in [0.1, 0.15) is 11.1 Å². The van der Waals surface area contributed by atoms with Crippen molar-refractivity contribution in [1.29, 1.82) is 0 Å². The van der Waals surface area contributed by atoms with Crippen LogP contribution in [0, 0.1) is 0 Å².